The number of anilines is 1. The first kappa shape index (κ1) is 12.6. The van der Waals surface area contributed by atoms with Crippen molar-refractivity contribution >= 4 is 34.9 Å². The van der Waals surface area contributed by atoms with Crippen LogP contribution in [-0.4, -0.2) is 31.3 Å². The highest BCUT2D eigenvalue weighted by Crippen LogP contribution is 2.33. The third-order valence-corrected chi connectivity index (χ3v) is 3.03. The maximum atomic E-state index is 11.8. The van der Waals surface area contributed by atoms with E-state index in [2.05, 4.69) is 4.74 Å². The summed E-state index contributed by atoms with van der Waals surface area (Å²) in [5.74, 6) is -1.74. The van der Waals surface area contributed by atoms with Gasteiger partial charge in [0.05, 0.1) is 29.8 Å². The maximum Gasteiger partial charge on any atom is 0.307 e. The van der Waals surface area contributed by atoms with Crippen molar-refractivity contribution in [2.75, 3.05) is 18.6 Å². The molecule has 0 radical (unpaired) electrons. The Bertz CT molecular complexity index is 541. The first-order valence-corrected chi connectivity index (χ1v) is 5.65. The summed E-state index contributed by atoms with van der Waals surface area (Å²) in [5, 5.41) is 0.242. The van der Waals surface area contributed by atoms with E-state index >= 15 is 0 Å². The quantitative estimate of drug-likeness (QED) is 0.614. The van der Waals surface area contributed by atoms with E-state index in [0.717, 1.165) is 0 Å². The summed E-state index contributed by atoms with van der Waals surface area (Å²) in [4.78, 5) is 35.8. The van der Waals surface area contributed by atoms with E-state index in [0.29, 0.717) is 5.69 Å². The van der Waals surface area contributed by atoms with E-state index in [-0.39, 0.29) is 23.6 Å². The maximum absolute atomic E-state index is 11.8. The number of hydrogen-bond donors (Lipinski definition) is 0. The summed E-state index contributed by atoms with van der Waals surface area (Å²) < 4.78 is 4.50. The molecule has 0 atom stereocenters. The zero-order valence-electron chi connectivity index (χ0n) is 9.60. The van der Waals surface area contributed by atoms with Crippen LogP contribution in [0.2, 0.25) is 5.02 Å². The molecule has 1 amide bonds. The van der Waals surface area contributed by atoms with Gasteiger partial charge in [-0.3, -0.25) is 14.4 Å². The molecule has 0 fully saturated rings. The SMILES string of the molecule is COC(=O)CCN1C(=O)C(=O)c2c(Cl)cccc21. The van der Waals surface area contributed by atoms with Gasteiger partial charge in [-0.25, -0.2) is 0 Å². The molecule has 1 aliphatic heterocycles. The number of rotatable bonds is 3. The lowest BCUT2D eigenvalue weighted by atomic mass is 10.1. The Kier molecular flexibility index (Phi) is 3.34. The predicted molar refractivity (Wildman–Crippen MR) is 64.8 cm³/mol. The molecule has 0 bridgehead atoms. The molecule has 2 rings (SSSR count). The van der Waals surface area contributed by atoms with Gasteiger partial charge in [-0.2, -0.15) is 0 Å². The van der Waals surface area contributed by atoms with E-state index < -0.39 is 17.7 Å². The summed E-state index contributed by atoms with van der Waals surface area (Å²) in [6.45, 7) is 0.102. The lowest BCUT2D eigenvalue weighted by molar-refractivity contribution is -0.140. The molecule has 0 spiro atoms. The van der Waals surface area contributed by atoms with Crippen molar-refractivity contribution in [3.63, 3.8) is 0 Å². The van der Waals surface area contributed by atoms with Gasteiger partial charge in [0.25, 0.3) is 11.7 Å². The highest BCUT2D eigenvalue weighted by Gasteiger charge is 2.37. The van der Waals surface area contributed by atoms with Crippen molar-refractivity contribution in [3.8, 4) is 0 Å². The minimum atomic E-state index is -0.665. The van der Waals surface area contributed by atoms with Crippen LogP contribution in [0.1, 0.15) is 16.8 Å². The van der Waals surface area contributed by atoms with Gasteiger partial charge in [-0.05, 0) is 12.1 Å². The van der Waals surface area contributed by atoms with Gasteiger partial charge in [-0.1, -0.05) is 17.7 Å². The highest BCUT2D eigenvalue weighted by molar-refractivity contribution is 6.55. The second kappa shape index (κ2) is 4.78. The molecular formula is C12H10ClNO4. The number of amides is 1. The van der Waals surface area contributed by atoms with Crippen molar-refractivity contribution in [1.82, 2.24) is 0 Å². The van der Waals surface area contributed by atoms with Crippen molar-refractivity contribution in [1.29, 1.82) is 0 Å². The van der Waals surface area contributed by atoms with Gasteiger partial charge in [0.1, 0.15) is 0 Å². The normalized spacial score (nSPS) is 13.8. The molecule has 0 aliphatic carbocycles. The van der Waals surface area contributed by atoms with E-state index in [1.54, 1.807) is 18.2 Å². The van der Waals surface area contributed by atoms with Crippen molar-refractivity contribution in [2.45, 2.75) is 6.42 Å². The fourth-order valence-electron chi connectivity index (χ4n) is 1.83. The third-order valence-electron chi connectivity index (χ3n) is 2.72. The largest absolute Gasteiger partial charge is 0.469 e. The molecule has 0 N–H and O–H groups in total. The van der Waals surface area contributed by atoms with Crippen LogP contribution in [0.3, 0.4) is 0 Å². The van der Waals surface area contributed by atoms with Gasteiger partial charge in [0.15, 0.2) is 0 Å². The number of nitrogens with zero attached hydrogens (tertiary/aromatic N) is 1. The smallest absolute Gasteiger partial charge is 0.307 e. The average molecular weight is 268 g/mol. The van der Waals surface area contributed by atoms with Crippen molar-refractivity contribution in [2.24, 2.45) is 0 Å². The van der Waals surface area contributed by atoms with Crippen molar-refractivity contribution in [3.05, 3.63) is 28.8 Å². The van der Waals surface area contributed by atoms with Crippen LogP contribution in [-0.2, 0) is 14.3 Å². The molecule has 0 saturated carbocycles. The van der Waals surface area contributed by atoms with Crippen LogP contribution < -0.4 is 4.90 Å². The van der Waals surface area contributed by atoms with Crippen LogP contribution in [0.15, 0.2) is 18.2 Å². The Morgan fingerprint density at radius 1 is 1.39 bits per heavy atom. The van der Waals surface area contributed by atoms with Gasteiger partial charge in [0, 0.05) is 6.54 Å². The molecule has 0 saturated heterocycles. The Hall–Kier alpha value is -1.88. The van der Waals surface area contributed by atoms with Crippen molar-refractivity contribution < 1.29 is 19.1 Å². The van der Waals surface area contributed by atoms with Crippen LogP contribution >= 0.6 is 11.6 Å². The summed E-state index contributed by atoms with van der Waals surface area (Å²) in [6.07, 6.45) is 0.0292. The summed E-state index contributed by atoms with van der Waals surface area (Å²) >= 11 is 5.89. The first-order valence-electron chi connectivity index (χ1n) is 5.27. The second-order valence-corrected chi connectivity index (χ2v) is 4.15. The Balaban J connectivity index is 2.29. The Morgan fingerprint density at radius 2 is 2.11 bits per heavy atom. The summed E-state index contributed by atoms with van der Waals surface area (Å²) in [6, 6.07) is 4.83. The van der Waals surface area contributed by atoms with Gasteiger partial charge < -0.3 is 9.64 Å². The highest BCUT2D eigenvalue weighted by atomic mass is 35.5. The van der Waals surface area contributed by atoms with E-state index in [1.807, 2.05) is 0 Å². The van der Waals surface area contributed by atoms with E-state index in [9.17, 15) is 14.4 Å². The third kappa shape index (κ3) is 1.97. The first-order chi connectivity index (χ1) is 8.56. The fraction of sp³-hybridized carbons (Fsp3) is 0.250. The van der Waals surface area contributed by atoms with Crippen LogP contribution in [0.4, 0.5) is 5.69 Å². The molecular weight excluding hydrogens is 258 g/mol. The number of benzene rings is 1. The minimum absolute atomic E-state index is 0.0292. The number of carbonyl (C=O) groups excluding carboxylic acids is 3. The van der Waals surface area contributed by atoms with Gasteiger partial charge in [-0.15, -0.1) is 0 Å². The molecule has 18 heavy (non-hydrogen) atoms. The number of ketones is 1. The number of methoxy groups -OCH3 is 1. The fourth-order valence-corrected chi connectivity index (χ4v) is 2.08. The molecule has 1 aromatic carbocycles. The molecule has 1 heterocycles. The Labute approximate surface area is 108 Å². The van der Waals surface area contributed by atoms with Crippen LogP contribution in [0.25, 0.3) is 0 Å². The summed E-state index contributed by atoms with van der Waals surface area (Å²) in [7, 11) is 1.27. The second-order valence-electron chi connectivity index (χ2n) is 3.75. The zero-order chi connectivity index (χ0) is 13.3. The lowest BCUT2D eigenvalue weighted by Gasteiger charge is -2.15. The summed E-state index contributed by atoms with van der Waals surface area (Å²) in [5.41, 5.74) is 0.649. The molecule has 6 heteroatoms. The molecule has 0 aromatic heterocycles. The Morgan fingerprint density at radius 3 is 2.78 bits per heavy atom. The lowest BCUT2D eigenvalue weighted by Crippen LogP contribution is -2.31. The standard InChI is InChI=1S/C12H10ClNO4/c1-18-9(15)5-6-14-8-4-2-3-7(13)10(8)11(16)12(14)17/h2-4H,5-6H2,1H3. The zero-order valence-corrected chi connectivity index (χ0v) is 10.4. The number of ether oxygens (including phenoxy) is 1. The van der Waals surface area contributed by atoms with E-state index in [1.165, 1.54) is 12.0 Å². The van der Waals surface area contributed by atoms with Gasteiger partial charge >= 0.3 is 5.97 Å². The average Bonchev–Trinajstić information content (AvgIpc) is 2.61. The van der Waals surface area contributed by atoms with E-state index in [4.69, 9.17) is 11.6 Å². The monoisotopic (exact) mass is 267 g/mol. The number of Topliss-reactive ketones (excluding diaryl/α,β-unsaturated/α-hetero) is 1. The number of fused-ring (bicyclic) bond motifs is 1. The van der Waals surface area contributed by atoms with Crippen LogP contribution in [0, 0.1) is 0 Å². The molecule has 5 nitrogen and oxygen atoms in total. The number of halogens is 1. The topological polar surface area (TPSA) is 63.7 Å². The number of carbonyl (C=O) groups is 3. The number of hydrogen-bond acceptors (Lipinski definition) is 4. The molecule has 0 unspecified atom stereocenters. The molecule has 94 valence electrons. The number of esters is 1. The predicted octanol–water partition coefficient (Wildman–Crippen LogP) is 1.43. The molecule has 1 aromatic rings. The van der Waals surface area contributed by atoms with Gasteiger partial charge in [0.2, 0.25) is 0 Å². The minimum Gasteiger partial charge on any atom is -0.469 e. The molecule has 1 aliphatic rings. The van der Waals surface area contributed by atoms with Crippen LogP contribution in [0.5, 0.6) is 0 Å².